The van der Waals surface area contributed by atoms with E-state index in [1.165, 1.54) is 0 Å². The summed E-state index contributed by atoms with van der Waals surface area (Å²) >= 11 is 0. The van der Waals surface area contributed by atoms with Crippen molar-refractivity contribution in [3.05, 3.63) is 48.2 Å². The van der Waals surface area contributed by atoms with Crippen LogP contribution in [0.3, 0.4) is 0 Å². The van der Waals surface area contributed by atoms with Gasteiger partial charge in [-0.1, -0.05) is 30.3 Å². The second-order valence-corrected chi connectivity index (χ2v) is 5.08. The third kappa shape index (κ3) is 2.79. The van der Waals surface area contributed by atoms with E-state index in [4.69, 9.17) is 14.4 Å². The lowest BCUT2D eigenvalue weighted by atomic mass is 10.0. The number of unbranched alkanes of at least 4 members (excludes halogenated alkanes) is 1. The maximum absolute atomic E-state index is 11.9. The first-order valence-corrected chi connectivity index (χ1v) is 7.20. The molecule has 3 aromatic rings. The molecule has 0 unspecified atom stereocenters. The molecule has 110 valence electrons. The molecular weight excluding hydrogens is 278 g/mol. The fourth-order valence-electron chi connectivity index (χ4n) is 2.55. The molecule has 4 heteroatoms. The summed E-state index contributed by atoms with van der Waals surface area (Å²) in [6, 6.07) is 14.0. The summed E-state index contributed by atoms with van der Waals surface area (Å²) in [6.45, 7) is 0.281. The largest absolute Gasteiger partial charge is 0.465 e. The highest BCUT2D eigenvalue weighted by molar-refractivity contribution is 6.08. The summed E-state index contributed by atoms with van der Waals surface area (Å²) in [5, 5.41) is 11.6. The molecule has 0 amide bonds. The third-order valence-electron chi connectivity index (χ3n) is 3.57. The average Bonchev–Trinajstić information content (AvgIpc) is 2.95. The van der Waals surface area contributed by atoms with Crippen molar-refractivity contribution >= 4 is 27.7 Å². The van der Waals surface area contributed by atoms with E-state index in [1.54, 1.807) is 6.26 Å². The second-order valence-electron chi connectivity index (χ2n) is 5.08. The number of nitriles is 1. The lowest BCUT2D eigenvalue weighted by Gasteiger charge is -2.04. The molecule has 0 saturated carbocycles. The fraction of sp³-hybridized carbons (Fsp3) is 0.222. The predicted molar refractivity (Wildman–Crippen MR) is 83.2 cm³/mol. The Kier molecular flexibility index (Phi) is 4.06. The standard InChI is InChI=1S/C18H15NO3/c19-9-3-4-10-21-17(20)11-14-12-22-16-8-7-13-5-1-2-6-15(13)18(14)16/h1-2,5-8,12H,3-4,10-11H2. The molecular formula is C18H15NO3. The van der Waals surface area contributed by atoms with Gasteiger partial charge in [0.05, 0.1) is 25.4 Å². The number of nitrogens with zero attached hydrogens (tertiary/aromatic N) is 1. The summed E-state index contributed by atoms with van der Waals surface area (Å²) < 4.78 is 10.7. The number of fused-ring (bicyclic) bond motifs is 3. The van der Waals surface area contributed by atoms with Gasteiger partial charge in [-0.2, -0.15) is 5.26 Å². The van der Waals surface area contributed by atoms with Crippen LogP contribution >= 0.6 is 0 Å². The van der Waals surface area contributed by atoms with Crippen molar-refractivity contribution in [2.45, 2.75) is 19.3 Å². The minimum absolute atomic E-state index is 0.174. The highest BCUT2D eigenvalue weighted by Gasteiger charge is 2.13. The number of carbonyl (C=O) groups excluding carboxylic acids is 1. The Morgan fingerprint density at radius 2 is 2.09 bits per heavy atom. The number of ether oxygens (including phenoxy) is 1. The van der Waals surface area contributed by atoms with Crippen LogP contribution in [0.25, 0.3) is 21.7 Å². The first-order valence-electron chi connectivity index (χ1n) is 7.20. The van der Waals surface area contributed by atoms with Gasteiger partial charge in [0.1, 0.15) is 5.58 Å². The molecule has 0 aliphatic rings. The summed E-state index contributed by atoms with van der Waals surface area (Å²) in [7, 11) is 0. The molecule has 0 spiro atoms. The maximum Gasteiger partial charge on any atom is 0.310 e. The van der Waals surface area contributed by atoms with E-state index in [0.717, 1.165) is 27.3 Å². The van der Waals surface area contributed by atoms with Crippen molar-refractivity contribution in [3.63, 3.8) is 0 Å². The van der Waals surface area contributed by atoms with Gasteiger partial charge in [0, 0.05) is 17.4 Å². The summed E-state index contributed by atoms with van der Waals surface area (Å²) in [5.41, 5.74) is 1.60. The summed E-state index contributed by atoms with van der Waals surface area (Å²) in [5.74, 6) is -0.298. The van der Waals surface area contributed by atoms with Crippen LogP contribution in [0.5, 0.6) is 0 Å². The zero-order chi connectivity index (χ0) is 15.4. The molecule has 0 aliphatic carbocycles. The SMILES string of the molecule is N#CCCCOC(=O)Cc1coc2ccc3ccccc3c12. The molecule has 4 nitrogen and oxygen atoms in total. The lowest BCUT2D eigenvalue weighted by molar-refractivity contribution is -0.142. The number of esters is 1. The van der Waals surface area contributed by atoms with Crippen LogP contribution in [0.2, 0.25) is 0 Å². The van der Waals surface area contributed by atoms with E-state index in [1.807, 2.05) is 42.5 Å². The third-order valence-corrected chi connectivity index (χ3v) is 3.57. The van der Waals surface area contributed by atoms with Crippen molar-refractivity contribution in [1.29, 1.82) is 5.26 Å². The van der Waals surface area contributed by atoms with Crippen LogP contribution in [0.4, 0.5) is 0 Å². The highest BCUT2D eigenvalue weighted by atomic mass is 16.5. The zero-order valence-corrected chi connectivity index (χ0v) is 12.0. The smallest absolute Gasteiger partial charge is 0.310 e. The normalized spacial score (nSPS) is 10.7. The Labute approximate surface area is 127 Å². The number of furan rings is 1. The van der Waals surface area contributed by atoms with Crippen LogP contribution in [0.15, 0.2) is 47.1 Å². The monoisotopic (exact) mass is 293 g/mol. The molecule has 0 radical (unpaired) electrons. The van der Waals surface area contributed by atoms with Gasteiger partial charge in [-0.3, -0.25) is 4.79 Å². The van der Waals surface area contributed by atoms with E-state index in [2.05, 4.69) is 0 Å². The molecule has 3 rings (SSSR count). The Morgan fingerprint density at radius 1 is 1.23 bits per heavy atom. The Balaban J connectivity index is 1.84. The molecule has 0 fully saturated rings. The number of hydrogen-bond acceptors (Lipinski definition) is 4. The Morgan fingerprint density at radius 3 is 2.95 bits per heavy atom. The van der Waals surface area contributed by atoms with E-state index >= 15 is 0 Å². The molecule has 0 aliphatic heterocycles. The molecule has 0 N–H and O–H groups in total. The molecule has 1 aromatic heterocycles. The van der Waals surface area contributed by atoms with Crippen LogP contribution in [0.1, 0.15) is 18.4 Å². The van der Waals surface area contributed by atoms with Gasteiger partial charge in [0.25, 0.3) is 0 Å². The fourth-order valence-corrected chi connectivity index (χ4v) is 2.55. The van der Waals surface area contributed by atoms with Crippen molar-refractivity contribution < 1.29 is 13.9 Å². The van der Waals surface area contributed by atoms with Crippen LogP contribution in [-0.4, -0.2) is 12.6 Å². The molecule has 22 heavy (non-hydrogen) atoms. The van der Waals surface area contributed by atoms with Crippen molar-refractivity contribution in [2.24, 2.45) is 0 Å². The van der Waals surface area contributed by atoms with Crippen molar-refractivity contribution in [1.82, 2.24) is 0 Å². The maximum atomic E-state index is 11.9. The van der Waals surface area contributed by atoms with Gasteiger partial charge in [0.15, 0.2) is 0 Å². The van der Waals surface area contributed by atoms with Crippen LogP contribution in [-0.2, 0) is 16.0 Å². The molecule has 0 atom stereocenters. The van der Waals surface area contributed by atoms with Gasteiger partial charge in [-0.15, -0.1) is 0 Å². The first-order chi connectivity index (χ1) is 10.8. The van der Waals surface area contributed by atoms with E-state index < -0.39 is 0 Å². The van der Waals surface area contributed by atoms with E-state index in [9.17, 15) is 4.79 Å². The van der Waals surface area contributed by atoms with E-state index in [0.29, 0.717) is 12.8 Å². The van der Waals surface area contributed by atoms with Crippen molar-refractivity contribution in [3.8, 4) is 6.07 Å². The molecule has 0 bridgehead atoms. The lowest BCUT2D eigenvalue weighted by Crippen LogP contribution is -2.08. The van der Waals surface area contributed by atoms with Gasteiger partial charge in [-0.25, -0.2) is 0 Å². The van der Waals surface area contributed by atoms with Gasteiger partial charge < -0.3 is 9.15 Å². The summed E-state index contributed by atoms with van der Waals surface area (Å²) in [4.78, 5) is 11.9. The molecule has 2 aromatic carbocycles. The molecule has 0 saturated heterocycles. The first kappa shape index (κ1) is 14.2. The second kappa shape index (κ2) is 6.31. The minimum atomic E-state index is -0.298. The van der Waals surface area contributed by atoms with Gasteiger partial charge >= 0.3 is 5.97 Å². The molecule has 1 heterocycles. The number of carbonyl (C=O) groups is 1. The Hall–Kier alpha value is -2.80. The van der Waals surface area contributed by atoms with Crippen LogP contribution in [0, 0.1) is 11.3 Å². The highest BCUT2D eigenvalue weighted by Crippen LogP contribution is 2.30. The number of hydrogen-bond donors (Lipinski definition) is 0. The average molecular weight is 293 g/mol. The van der Waals surface area contributed by atoms with Gasteiger partial charge in [0.2, 0.25) is 0 Å². The topological polar surface area (TPSA) is 63.2 Å². The number of rotatable bonds is 5. The minimum Gasteiger partial charge on any atom is -0.465 e. The van der Waals surface area contributed by atoms with E-state index in [-0.39, 0.29) is 19.0 Å². The quantitative estimate of drug-likeness (QED) is 0.527. The predicted octanol–water partition coefficient (Wildman–Crippen LogP) is 3.98. The van der Waals surface area contributed by atoms with Gasteiger partial charge in [-0.05, 0) is 23.3 Å². The summed E-state index contributed by atoms with van der Waals surface area (Å²) in [6.07, 6.45) is 2.76. The van der Waals surface area contributed by atoms with Crippen molar-refractivity contribution in [2.75, 3.05) is 6.61 Å². The Bertz CT molecular complexity index is 858. The number of benzene rings is 2. The van der Waals surface area contributed by atoms with Crippen LogP contribution < -0.4 is 0 Å². The zero-order valence-electron chi connectivity index (χ0n) is 12.0.